The van der Waals surface area contributed by atoms with Gasteiger partial charge in [0.1, 0.15) is 17.6 Å². The normalized spacial score (nSPS) is 22.8. The number of azo groups is 1. The zero-order chi connectivity index (χ0) is 11.8. The third kappa shape index (κ3) is 1.63. The standard InChI is InChI=1S/C12H13N3O2/c1-7-8(16)6-13-12-10(7)11(14-15-12)9-4-2-3-5-17-9/h6,9,16H,1-5H2. The molecule has 3 heterocycles. The molecule has 1 aromatic rings. The largest absolute Gasteiger partial charge is 0.506 e. The summed E-state index contributed by atoms with van der Waals surface area (Å²) in [7, 11) is 0. The molecule has 5 heteroatoms. The first kappa shape index (κ1) is 10.4. The molecule has 0 bridgehead atoms. The van der Waals surface area contributed by atoms with Crippen molar-refractivity contribution in [1.29, 1.82) is 0 Å². The van der Waals surface area contributed by atoms with Crippen LogP contribution in [0.5, 0.6) is 5.75 Å². The highest BCUT2D eigenvalue weighted by Gasteiger charge is 2.24. The van der Waals surface area contributed by atoms with Crippen molar-refractivity contribution >= 4 is 18.1 Å². The van der Waals surface area contributed by atoms with Crippen molar-refractivity contribution in [3.05, 3.63) is 16.6 Å². The number of nitrogens with zero attached hydrogens (tertiary/aromatic N) is 3. The molecule has 5 nitrogen and oxygen atoms in total. The molecule has 2 aliphatic heterocycles. The number of hydrogen-bond acceptors (Lipinski definition) is 5. The number of pyridine rings is 1. The molecule has 1 unspecified atom stereocenters. The van der Waals surface area contributed by atoms with Gasteiger partial charge in [-0.15, -0.1) is 10.2 Å². The number of rotatable bonds is 1. The lowest BCUT2D eigenvalue weighted by atomic mass is 10.0. The molecule has 1 saturated heterocycles. The molecule has 3 rings (SSSR count). The summed E-state index contributed by atoms with van der Waals surface area (Å²) in [6, 6.07) is 0. The summed E-state index contributed by atoms with van der Waals surface area (Å²) in [5.41, 5.74) is 0.758. The van der Waals surface area contributed by atoms with E-state index in [-0.39, 0.29) is 11.9 Å². The number of aromatic hydroxyl groups is 1. The molecule has 1 atom stereocenters. The summed E-state index contributed by atoms with van der Waals surface area (Å²) in [4.78, 5) is 4.04. The molecule has 1 fully saturated rings. The van der Waals surface area contributed by atoms with Gasteiger partial charge >= 0.3 is 0 Å². The van der Waals surface area contributed by atoms with Crippen LogP contribution in [0.2, 0.25) is 0 Å². The zero-order valence-electron chi connectivity index (χ0n) is 9.39. The van der Waals surface area contributed by atoms with E-state index in [1.807, 2.05) is 0 Å². The van der Waals surface area contributed by atoms with Gasteiger partial charge in [0.05, 0.1) is 11.4 Å². The number of fused-ring (bicyclic) bond motifs is 1. The van der Waals surface area contributed by atoms with E-state index >= 15 is 0 Å². The van der Waals surface area contributed by atoms with E-state index in [4.69, 9.17) is 4.74 Å². The Hall–Kier alpha value is -1.75. The van der Waals surface area contributed by atoms with Crippen molar-refractivity contribution in [2.24, 2.45) is 10.2 Å². The van der Waals surface area contributed by atoms with Gasteiger partial charge in [0.2, 0.25) is 0 Å². The predicted octanol–water partition coefficient (Wildman–Crippen LogP) is 0.972. The molecule has 0 saturated carbocycles. The molecule has 1 N–H and O–H groups in total. The average molecular weight is 231 g/mol. The summed E-state index contributed by atoms with van der Waals surface area (Å²) in [5, 5.41) is 19.0. The minimum absolute atomic E-state index is 0.0437. The number of hydrogen-bond donors (Lipinski definition) is 1. The van der Waals surface area contributed by atoms with Crippen LogP contribution >= 0.6 is 0 Å². The van der Waals surface area contributed by atoms with E-state index in [1.165, 1.54) is 6.20 Å². The fraction of sp³-hybridized carbons (Fsp3) is 0.417. The molecule has 0 aromatic carbocycles. The molecule has 88 valence electrons. The van der Waals surface area contributed by atoms with Gasteiger partial charge in [-0.05, 0) is 19.3 Å². The lowest BCUT2D eigenvalue weighted by Crippen LogP contribution is -2.31. The summed E-state index contributed by atoms with van der Waals surface area (Å²) in [5.74, 6) is 0.598. The molecular weight excluding hydrogens is 218 g/mol. The minimum Gasteiger partial charge on any atom is -0.506 e. The van der Waals surface area contributed by atoms with Crippen molar-refractivity contribution in [3.63, 3.8) is 0 Å². The Labute approximate surface area is 98.2 Å². The highest BCUT2D eigenvalue weighted by atomic mass is 16.5. The van der Waals surface area contributed by atoms with Crippen LogP contribution in [-0.2, 0) is 4.74 Å². The summed E-state index contributed by atoms with van der Waals surface area (Å²) in [6.45, 7) is 4.60. The van der Waals surface area contributed by atoms with Crippen molar-refractivity contribution in [2.45, 2.75) is 25.4 Å². The molecule has 1 aromatic heterocycles. The van der Waals surface area contributed by atoms with Crippen LogP contribution in [-0.4, -0.2) is 22.8 Å². The number of aromatic nitrogens is 1. The fourth-order valence-corrected chi connectivity index (χ4v) is 2.21. The highest BCUT2D eigenvalue weighted by molar-refractivity contribution is 5.58. The van der Waals surface area contributed by atoms with Crippen molar-refractivity contribution < 1.29 is 9.84 Å². The van der Waals surface area contributed by atoms with Crippen molar-refractivity contribution in [1.82, 2.24) is 4.98 Å². The maximum Gasteiger partial charge on any atom is 0.184 e. The van der Waals surface area contributed by atoms with E-state index in [0.717, 1.165) is 36.8 Å². The minimum atomic E-state index is -0.0437. The van der Waals surface area contributed by atoms with Crippen molar-refractivity contribution in [3.8, 4) is 5.75 Å². The monoisotopic (exact) mass is 231 g/mol. The Morgan fingerprint density at radius 2 is 2.24 bits per heavy atom. The van der Waals surface area contributed by atoms with E-state index in [0.29, 0.717) is 11.0 Å². The van der Waals surface area contributed by atoms with Crippen LogP contribution in [0.25, 0.3) is 12.3 Å². The van der Waals surface area contributed by atoms with Gasteiger partial charge in [0, 0.05) is 11.8 Å². The Morgan fingerprint density at radius 3 is 3.00 bits per heavy atom. The zero-order valence-corrected chi connectivity index (χ0v) is 9.39. The molecule has 0 spiro atoms. The Morgan fingerprint density at radius 1 is 1.35 bits per heavy atom. The second kappa shape index (κ2) is 3.92. The Balaban J connectivity index is 2.17. The second-order valence-electron chi connectivity index (χ2n) is 4.26. The Bertz CT molecular complexity index is 589. The Kier molecular flexibility index (Phi) is 2.40. The summed E-state index contributed by atoms with van der Waals surface area (Å²) < 4.78 is 5.69. The first-order chi connectivity index (χ1) is 8.27. The molecule has 0 aliphatic carbocycles. The highest BCUT2D eigenvalue weighted by Crippen LogP contribution is 2.25. The molecular formula is C12H13N3O2. The van der Waals surface area contributed by atoms with Crippen LogP contribution in [0, 0.1) is 0 Å². The van der Waals surface area contributed by atoms with Gasteiger partial charge in [0.15, 0.2) is 5.82 Å². The summed E-state index contributed by atoms with van der Waals surface area (Å²) in [6.07, 6.45) is 4.45. The SMILES string of the molecule is C=c1c(O)cnc2c1=C(C1CCCCO1)N=N2. The maximum atomic E-state index is 9.64. The second-order valence-corrected chi connectivity index (χ2v) is 4.26. The molecule has 2 aliphatic rings. The van der Waals surface area contributed by atoms with Gasteiger partial charge in [-0.25, -0.2) is 4.98 Å². The van der Waals surface area contributed by atoms with Gasteiger partial charge in [-0.3, -0.25) is 0 Å². The lowest BCUT2D eigenvalue weighted by molar-refractivity contribution is 0.0510. The van der Waals surface area contributed by atoms with Crippen molar-refractivity contribution in [2.75, 3.05) is 6.61 Å². The first-order valence-corrected chi connectivity index (χ1v) is 5.72. The van der Waals surface area contributed by atoms with E-state index in [1.54, 1.807) is 0 Å². The molecule has 0 amide bonds. The van der Waals surface area contributed by atoms with Crippen LogP contribution in [0.1, 0.15) is 19.3 Å². The topological polar surface area (TPSA) is 67.1 Å². The number of ether oxygens (including phenoxy) is 1. The van der Waals surface area contributed by atoms with Crippen LogP contribution in [0.3, 0.4) is 0 Å². The maximum absolute atomic E-state index is 9.64. The summed E-state index contributed by atoms with van der Waals surface area (Å²) >= 11 is 0. The molecule has 17 heavy (non-hydrogen) atoms. The smallest absolute Gasteiger partial charge is 0.184 e. The van der Waals surface area contributed by atoms with Gasteiger partial charge in [0.25, 0.3) is 0 Å². The first-order valence-electron chi connectivity index (χ1n) is 5.72. The quantitative estimate of drug-likeness (QED) is 0.783. The average Bonchev–Trinajstić information content (AvgIpc) is 2.79. The third-order valence-corrected chi connectivity index (χ3v) is 3.14. The fourth-order valence-electron chi connectivity index (χ4n) is 2.21. The molecule has 0 radical (unpaired) electrons. The van der Waals surface area contributed by atoms with Crippen LogP contribution in [0.4, 0.5) is 5.82 Å². The van der Waals surface area contributed by atoms with Crippen LogP contribution in [0.15, 0.2) is 16.4 Å². The van der Waals surface area contributed by atoms with Gasteiger partial charge < -0.3 is 9.84 Å². The predicted molar refractivity (Wildman–Crippen MR) is 62.2 cm³/mol. The van der Waals surface area contributed by atoms with Gasteiger partial charge in [-0.1, -0.05) is 6.58 Å². The lowest BCUT2D eigenvalue weighted by Gasteiger charge is -2.21. The van der Waals surface area contributed by atoms with Gasteiger partial charge in [-0.2, -0.15) is 0 Å². The van der Waals surface area contributed by atoms with E-state index in [2.05, 4.69) is 21.8 Å². The van der Waals surface area contributed by atoms with E-state index < -0.39 is 0 Å². The third-order valence-electron chi connectivity index (χ3n) is 3.14. The van der Waals surface area contributed by atoms with Crippen LogP contribution < -0.4 is 10.4 Å². The van der Waals surface area contributed by atoms with E-state index in [9.17, 15) is 5.11 Å².